The fourth-order valence-electron chi connectivity index (χ4n) is 1.79. The van der Waals surface area contributed by atoms with E-state index in [0.29, 0.717) is 10.8 Å². The molecule has 24 heavy (non-hydrogen) atoms. The van der Waals surface area contributed by atoms with Crippen molar-refractivity contribution in [1.29, 1.82) is 0 Å². The number of nitrogens with one attached hydrogen (secondary N) is 2. The Bertz CT molecular complexity index is 692. The van der Waals surface area contributed by atoms with E-state index < -0.39 is 11.7 Å². The van der Waals surface area contributed by atoms with Gasteiger partial charge in [-0.1, -0.05) is 29.8 Å². The van der Waals surface area contributed by atoms with Gasteiger partial charge in [0.2, 0.25) is 5.91 Å². The molecule has 0 aromatic heterocycles. The Labute approximate surface area is 146 Å². The molecule has 2 rings (SSSR count). The Morgan fingerprint density at radius 3 is 2.50 bits per heavy atom. The number of anilines is 1. The van der Waals surface area contributed by atoms with Gasteiger partial charge in [0, 0.05) is 10.8 Å². The number of rotatable bonds is 6. The molecule has 0 aliphatic carbocycles. The van der Waals surface area contributed by atoms with Crippen LogP contribution in [0.5, 0.6) is 0 Å². The van der Waals surface area contributed by atoms with Gasteiger partial charge in [0.25, 0.3) is 0 Å². The van der Waals surface area contributed by atoms with Gasteiger partial charge >= 0.3 is 6.18 Å². The summed E-state index contributed by atoms with van der Waals surface area (Å²) in [6.07, 6.45) is -4.42. The SMILES string of the molecule is O=C(CSCc1ccc(Cl)cc1)NNc1cccc(C(F)(F)F)c1. The monoisotopic (exact) mass is 374 g/mol. The largest absolute Gasteiger partial charge is 0.416 e. The number of benzene rings is 2. The van der Waals surface area contributed by atoms with E-state index in [4.69, 9.17) is 11.6 Å². The standard InChI is InChI=1S/C16H14ClF3N2OS/c17-13-6-4-11(5-7-13)9-24-10-15(23)22-21-14-3-1-2-12(8-14)16(18,19)20/h1-8,21H,9-10H2,(H,22,23). The molecule has 128 valence electrons. The summed E-state index contributed by atoms with van der Waals surface area (Å²) < 4.78 is 37.8. The molecule has 8 heteroatoms. The van der Waals surface area contributed by atoms with Gasteiger partial charge in [0.1, 0.15) is 0 Å². The molecule has 2 aromatic rings. The Morgan fingerprint density at radius 1 is 1.12 bits per heavy atom. The van der Waals surface area contributed by atoms with Crippen molar-refractivity contribution in [3.05, 3.63) is 64.7 Å². The van der Waals surface area contributed by atoms with Gasteiger partial charge < -0.3 is 0 Å². The number of hydrogen-bond acceptors (Lipinski definition) is 3. The van der Waals surface area contributed by atoms with Crippen LogP contribution in [0.15, 0.2) is 48.5 Å². The third kappa shape index (κ3) is 5.98. The zero-order valence-corrected chi connectivity index (χ0v) is 13.9. The predicted octanol–water partition coefficient (Wildman–Crippen LogP) is 4.74. The van der Waals surface area contributed by atoms with E-state index >= 15 is 0 Å². The van der Waals surface area contributed by atoms with Crippen LogP contribution in [0.1, 0.15) is 11.1 Å². The summed E-state index contributed by atoms with van der Waals surface area (Å²) in [4.78, 5) is 11.7. The summed E-state index contributed by atoms with van der Waals surface area (Å²) in [5.41, 5.74) is 5.28. The van der Waals surface area contributed by atoms with Crippen LogP contribution in [0.4, 0.5) is 18.9 Å². The molecule has 0 fully saturated rings. The van der Waals surface area contributed by atoms with Crippen molar-refractivity contribution in [3.8, 4) is 0 Å². The van der Waals surface area contributed by atoms with Gasteiger partial charge in [-0.15, -0.1) is 11.8 Å². The number of hydrazine groups is 1. The molecule has 0 saturated carbocycles. The maximum Gasteiger partial charge on any atom is 0.416 e. The van der Waals surface area contributed by atoms with Crippen LogP contribution in [0.25, 0.3) is 0 Å². The predicted molar refractivity (Wildman–Crippen MR) is 90.8 cm³/mol. The topological polar surface area (TPSA) is 41.1 Å². The van der Waals surface area contributed by atoms with Crippen molar-refractivity contribution >= 4 is 35.0 Å². The van der Waals surface area contributed by atoms with E-state index in [0.717, 1.165) is 17.7 Å². The average Bonchev–Trinajstić information content (AvgIpc) is 2.54. The van der Waals surface area contributed by atoms with E-state index in [-0.39, 0.29) is 17.3 Å². The molecule has 0 radical (unpaired) electrons. The zero-order valence-electron chi connectivity index (χ0n) is 12.4. The summed E-state index contributed by atoms with van der Waals surface area (Å²) in [6.45, 7) is 0. The molecule has 0 unspecified atom stereocenters. The molecule has 1 amide bonds. The molecule has 0 aliphatic rings. The Hall–Kier alpha value is -1.86. The molecule has 2 aromatic carbocycles. The zero-order chi connectivity index (χ0) is 17.6. The van der Waals surface area contributed by atoms with E-state index in [1.165, 1.54) is 23.9 Å². The van der Waals surface area contributed by atoms with Crippen LogP contribution >= 0.6 is 23.4 Å². The minimum absolute atomic E-state index is 0.167. The van der Waals surface area contributed by atoms with Crippen LogP contribution in [0, 0.1) is 0 Å². The lowest BCUT2D eigenvalue weighted by Crippen LogP contribution is -2.31. The van der Waals surface area contributed by atoms with Crippen LogP contribution in [0.2, 0.25) is 5.02 Å². The first-order valence-electron chi connectivity index (χ1n) is 6.89. The minimum atomic E-state index is -4.42. The van der Waals surface area contributed by atoms with Gasteiger partial charge in [0.15, 0.2) is 0 Å². The maximum atomic E-state index is 12.6. The van der Waals surface area contributed by atoms with Crippen molar-refractivity contribution in [2.45, 2.75) is 11.9 Å². The van der Waals surface area contributed by atoms with E-state index in [1.807, 2.05) is 12.1 Å². The lowest BCUT2D eigenvalue weighted by molar-refractivity contribution is -0.137. The highest BCUT2D eigenvalue weighted by atomic mass is 35.5. The van der Waals surface area contributed by atoms with Crippen LogP contribution in [0.3, 0.4) is 0 Å². The molecule has 0 bridgehead atoms. The van der Waals surface area contributed by atoms with E-state index in [9.17, 15) is 18.0 Å². The molecular formula is C16H14ClF3N2OS. The molecular weight excluding hydrogens is 361 g/mol. The quantitative estimate of drug-likeness (QED) is 0.718. The molecule has 0 spiro atoms. The van der Waals surface area contributed by atoms with Gasteiger partial charge in [-0.2, -0.15) is 13.2 Å². The average molecular weight is 375 g/mol. The second-order valence-corrected chi connectivity index (χ2v) is 6.29. The van der Waals surface area contributed by atoms with Crippen molar-refractivity contribution in [1.82, 2.24) is 5.43 Å². The van der Waals surface area contributed by atoms with Crippen LogP contribution in [-0.4, -0.2) is 11.7 Å². The van der Waals surface area contributed by atoms with Crippen molar-refractivity contribution in [3.63, 3.8) is 0 Å². The minimum Gasteiger partial charge on any atom is -0.299 e. The van der Waals surface area contributed by atoms with Crippen LogP contribution < -0.4 is 10.9 Å². The third-order valence-electron chi connectivity index (χ3n) is 2.95. The summed E-state index contributed by atoms with van der Waals surface area (Å²) in [7, 11) is 0. The highest BCUT2D eigenvalue weighted by Crippen LogP contribution is 2.30. The number of amides is 1. The number of alkyl halides is 3. The summed E-state index contributed by atoms with van der Waals surface area (Å²) in [5.74, 6) is 0.481. The van der Waals surface area contributed by atoms with Crippen LogP contribution in [-0.2, 0) is 16.7 Å². The lowest BCUT2D eigenvalue weighted by atomic mass is 10.2. The Morgan fingerprint density at radius 2 is 1.83 bits per heavy atom. The number of carbonyl (C=O) groups is 1. The van der Waals surface area contributed by atoms with E-state index in [2.05, 4.69) is 10.9 Å². The molecule has 3 nitrogen and oxygen atoms in total. The smallest absolute Gasteiger partial charge is 0.299 e. The molecule has 0 saturated heterocycles. The normalized spacial score (nSPS) is 11.2. The summed E-state index contributed by atoms with van der Waals surface area (Å²) in [6, 6.07) is 11.9. The Balaban J connectivity index is 1.76. The number of thioether (sulfide) groups is 1. The molecule has 0 aliphatic heterocycles. The Kier molecular flexibility index (Phi) is 6.39. The van der Waals surface area contributed by atoms with Gasteiger partial charge in [-0.3, -0.25) is 15.6 Å². The summed E-state index contributed by atoms with van der Waals surface area (Å²) in [5, 5.41) is 0.645. The van der Waals surface area contributed by atoms with Gasteiger partial charge in [0.05, 0.1) is 17.0 Å². The fraction of sp³-hybridized carbons (Fsp3) is 0.188. The first-order chi connectivity index (χ1) is 11.3. The first kappa shape index (κ1) is 18.5. The second-order valence-electron chi connectivity index (χ2n) is 4.87. The summed E-state index contributed by atoms with van der Waals surface area (Å²) >= 11 is 7.17. The fourth-order valence-corrected chi connectivity index (χ4v) is 2.71. The second kappa shape index (κ2) is 8.30. The molecule has 0 atom stereocenters. The van der Waals surface area contributed by atoms with Crippen molar-refractivity contribution < 1.29 is 18.0 Å². The number of halogens is 4. The highest BCUT2D eigenvalue weighted by molar-refractivity contribution is 7.99. The maximum absolute atomic E-state index is 12.6. The van der Waals surface area contributed by atoms with E-state index in [1.54, 1.807) is 12.1 Å². The van der Waals surface area contributed by atoms with Crippen molar-refractivity contribution in [2.75, 3.05) is 11.2 Å². The highest BCUT2D eigenvalue weighted by Gasteiger charge is 2.30. The third-order valence-corrected chi connectivity index (χ3v) is 4.21. The number of hydrogen-bond donors (Lipinski definition) is 2. The van der Waals surface area contributed by atoms with Crippen molar-refractivity contribution in [2.24, 2.45) is 0 Å². The lowest BCUT2D eigenvalue weighted by Gasteiger charge is -2.11. The number of carbonyl (C=O) groups excluding carboxylic acids is 1. The molecule has 0 heterocycles. The first-order valence-corrected chi connectivity index (χ1v) is 8.42. The molecule has 2 N–H and O–H groups in total. The van der Waals surface area contributed by atoms with Gasteiger partial charge in [-0.25, -0.2) is 0 Å². The van der Waals surface area contributed by atoms with Gasteiger partial charge in [-0.05, 0) is 35.9 Å².